The molecule has 0 amide bonds. The van der Waals surface area contributed by atoms with Gasteiger partial charge in [-0.05, 0) is 40.5 Å². The molecule has 0 fully saturated rings. The number of nitriles is 1. The van der Waals surface area contributed by atoms with Crippen molar-refractivity contribution in [3.05, 3.63) is 50.4 Å². The maximum absolute atomic E-state index is 8.74. The Bertz CT molecular complexity index is 556. The number of benzene rings is 1. The average Bonchev–Trinajstić information content (AvgIpc) is 2.82. The van der Waals surface area contributed by atoms with Crippen molar-refractivity contribution in [3.8, 4) is 6.07 Å². The van der Waals surface area contributed by atoms with E-state index >= 15 is 0 Å². The van der Waals surface area contributed by atoms with Gasteiger partial charge in [0.15, 0.2) is 0 Å². The normalized spacial score (nSPS) is 12.1. The molecule has 0 aliphatic carbocycles. The first kappa shape index (κ1) is 13.2. The molecule has 0 spiro atoms. The topological polar surface area (TPSA) is 48.7 Å². The van der Waals surface area contributed by atoms with E-state index < -0.39 is 0 Å². The van der Waals surface area contributed by atoms with Crippen LogP contribution in [-0.4, -0.2) is 4.98 Å². The Labute approximate surface area is 119 Å². The summed E-state index contributed by atoms with van der Waals surface area (Å²) in [5.41, 5.74) is 1.86. The number of aromatic nitrogens is 1. The summed E-state index contributed by atoms with van der Waals surface area (Å²) < 4.78 is 1.05. The molecule has 18 heavy (non-hydrogen) atoms. The van der Waals surface area contributed by atoms with Crippen molar-refractivity contribution in [1.82, 2.24) is 10.3 Å². The van der Waals surface area contributed by atoms with Gasteiger partial charge in [-0.2, -0.15) is 5.26 Å². The van der Waals surface area contributed by atoms with Crippen molar-refractivity contribution in [2.75, 3.05) is 0 Å². The van der Waals surface area contributed by atoms with E-state index in [4.69, 9.17) is 5.26 Å². The molecular weight excluding hydrogens is 310 g/mol. The summed E-state index contributed by atoms with van der Waals surface area (Å²) in [7, 11) is 0. The number of rotatable bonds is 4. The lowest BCUT2D eigenvalue weighted by molar-refractivity contribution is 0.573. The van der Waals surface area contributed by atoms with Gasteiger partial charge < -0.3 is 5.32 Å². The second kappa shape index (κ2) is 6.10. The van der Waals surface area contributed by atoms with Crippen LogP contribution in [0.25, 0.3) is 0 Å². The summed E-state index contributed by atoms with van der Waals surface area (Å²) in [5, 5.41) is 13.2. The number of nitrogens with zero attached hydrogens (tertiary/aromatic N) is 2. The Morgan fingerprint density at radius 1 is 1.44 bits per heavy atom. The van der Waals surface area contributed by atoms with E-state index in [2.05, 4.69) is 39.2 Å². The lowest BCUT2D eigenvalue weighted by Crippen LogP contribution is -2.17. The summed E-state index contributed by atoms with van der Waals surface area (Å²) in [4.78, 5) is 4.27. The number of hydrogen-bond acceptors (Lipinski definition) is 4. The van der Waals surface area contributed by atoms with Crippen molar-refractivity contribution in [1.29, 1.82) is 5.26 Å². The first-order chi connectivity index (χ1) is 8.69. The molecule has 3 nitrogen and oxygen atoms in total. The molecule has 0 saturated heterocycles. The van der Waals surface area contributed by atoms with E-state index in [1.54, 1.807) is 11.3 Å². The van der Waals surface area contributed by atoms with Gasteiger partial charge in [-0.25, -0.2) is 4.98 Å². The van der Waals surface area contributed by atoms with E-state index in [1.807, 2.05) is 30.5 Å². The van der Waals surface area contributed by atoms with Gasteiger partial charge in [0.2, 0.25) is 0 Å². The molecule has 1 heterocycles. The van der Waals surface area contributed by atoms with Crippen molar-refractivity contribution >= 4 is 27.3 Å². The first-order valence-corrected chi connectivity index (χ1v) is 7.13. The lowest BCUT2D eigenvalue weighted by atomic mass is 10.1. The van der Waals surface area contributed by atoms with Gasteiger partial charge in [-0.3, -0.25) is 0 Å². The van der Waals surface area contributed by atoms with Crippen molar-refractivity contribution in [2.45, 2.75) is 19.5 Å². The highest BCUT2D eigenvalue weighted by Crippen LogP contribution is 2.20. The Balaban J connectivity index is 1.95. The maximum atomic E-state index is 8.74. The van der Waals surface area contributed by atoms with Crippen LogP contribution in [0.1, 0.15) is 29.1 Å². The third-order valence-electron chi connectivity index (χ3n) is 2.62. The molecule has 2 aromatic rings. The minimum Gasteiger partial charge on any atom is -0.304 e. The summed E-state index contributed by atoms with van der Waals surface area (Å²) in [5.74, 6) is 0. The van der Waals surface area contributed by atoms with Crippen LogP contribution in [0.4, 0.5) is 0 Å². The van der Waals surface area contributed by atoms with Gasteiger partial charge in [0, 0.05) is 12.6 Å². The fourth-order valence-corrected chi connectivity index (χ4v) is 2.83. The quantitative estimate of drug-likeness (QED) is 0.935. The number of halogens is 1. The Kier molecular flexibility index (Phi) is 4.48. The monoisotopic (exact) mass is 321 g/mol. The van der Waals surface area contributed by atoms with E-state index in [0.29, 0.717) is 5.56 Å². The van der Waals surface area contributed by atoms with Crippen LogP contribution >= 0.6 is 27.3 Å². The van der Waals surface area contributed by atoms with Gasteiger partial charge in [0.1, 0.15) is 5.01 Å². The summed E-state index contributed by atoms with van der Waals surface area (Å²) in [6.45, 7) is 2.85. The summed E-state index contributed by atoms with van der Waals surface area (Å²) in [6, 6.07) is 10.00. The Hall–Kier alpha value is -1.22. The lowest BCUT2D eigenvalue weighted by Gasteiger charge is -2.13. The molecule has 0 aliphatic heterocycles. The molecule has 2 rings (SSSR count). The molecule has 5 heteroatoms. The summed E-state index contributed by atoms with van der Waals surface area (Å²) in [6.07, 6.45) is 1.81. The zero-order valence-electron chi connectivity index (χ0n) is 9.85. The van der Waals surface area contributed by atoms with Crippen molar-refractivity contribution in [3.63, 3.8) is 0 Å². The van der Waals surface area contributed by atoms with Crippen molar-refractivity contribution in [2.24, 2.45) is 0 Å². The van der Waals surface area contributed by atoms with Crippen LogP contribution in [0.5, 0.6) is 0 Å². The fraction of sp³-hybridized carbons (Fsp3) is 0.231. The Morgan fingerprint density at radius 2 is 2.17 bits per heavy atom. The van der Waals surface area contributed by atoms with Crippen LogP contribution in [0, 0.1) is 11.3 Å². The average molecular weight is 322 g/mol. The minimum absolute atomic E-state index is 0.236. The minimum atomic E-state index is 0.236. The molecule has 0 aliphatic rings. The Morgan fingerprint density at radius 3 is 2.72 bits per heavy atom. The van der Waals surface area contributed by atoms with Gasteiger partial charge in [0.05, 0.1) is 21.6 Å². The van der Waals surface area contributed by atoms with Crippen LogP contribution in [0.3, 0.4) is 0 Å². The van der Waals surface area contributed by atoms with Crippen LogP contribution < -0.4 is 5.32 Å². The third kappa shape index (κ3) is 3.39. The molecule has 0 radical (unpaired) electrons. The van der Waals surface area contributed by atoms with Crippen molar-refractivity contribution < 1.29 is 0 Å². The SMILES string of the molecule is CC(NCc1ncc(Br)s1)c1ccc(C#N)cc1. The second-order valence-electron chi connectivity index (χ2n) is 3.89. The van der Waals surface area contributed by atoms with Gasteiger partial charge in [0.25, 0.3) is 0 Å². The molecular formula is C13H12BrN3S. The number of nitrogens with one attached hydrogen (secondary N) is 1. The highest BCUT2D eigenvalue weighted by atomic mass is 79.9. The van der Waals surface area contributed by atoms with E-state index in [1.165, 1.54) is 5.56 Å². The summed E-state index contributed by atoms with van der Waals surface area (Å²) >= 11 is 5.03. The smallest absolute Gasteiger partial charge is 0.107 e. The zero-order valence-corrected chi connectivity index (χ0v) is 12.3. The molecule has 0 bridgehead atoms. The maximum Gasteiger partial charge on any atom is 0.107 e. The molecule has 0 saturated carbocycles. The van der Waals surface area contributed by atoms with Gasteiger partial charge in [-0.1, -0.05) is 12.1 Å². The number of hydrogen-bond donors (Lipinski definition) is 1. The first-order valence-electron chi connectivity index (χ1n) is 5.52. The van der Waals surface area contributed by atoms with Crippen LogP contribution in [0.2, 0.25) is 0 Å². The predicted octanol–water partition coefficient (Wildman–Crippen LogP) is 3.63. The highest BCUT2D eigenvalue weighted by Gasteiger charge is 2.06. The largest absolute Gasteiger partial charge is 0.304 e. The van der Waals surface area contributed by atoms with E-state index in [9.17, 15) is 0 Å². The highest BCUT2D eigenvalue weighted by molar-refractivity contribution is 9.11. The fourth-order valence-electron chi connectivity index (χ4n) is 1.57. The molecule has 1 aromatic heterocycles. The van der Waals surface area contributed by atoms with E-state index in [-0.39, 0.29) is 6.04 Å². The molecule has 1 atom stereocenters. The molecule has 1 unspecified atom stereocenters. The number of thiazole rings is 1. The third-order valence-corrected chi connectivity index (χ3v) is 4.10. The van der Waals surface area contributed by atoms with E-state index in [0.717, 1.165) is 15.3 Å². The van der Waals surface area contributed by atoms with Gasteiger partial charge in [-0.15, -0.1) is 11.3 Å². The predicted molar refractivity (Wildman–Crippen MR) is 76.2 cm³/mol. The van der Waals surface area contributed by atoms with Crippen LogP contribution in [0.15, 0.2) is 34.2 Å². The molecule has 1 N–H and O–H groups in total. The standard InChI is InChI=1S/C13H12BrN3S/c1-9(11-4-2-10(6-15)3-5-11)16-8-13-17-7-12(14)18-13/h2-5,7,9,16H,8H2,1H3. The van der Waals surface area contributed by atoms with Gasteiger partial charge >= 0.3 is 0 Å². The zero-order chi connectivity index (χ0) is 13.0. The second-order valence-corrected chi connectivity index (χ2v) is 6.39. The molecule has 1 aromatic carbocycles. The molecule has 92 valence electrons. The van der Waals surface area contributed by atoms with Crippen LogP contribution in [-0.2, 0) is 6.54 Å².